The Morgan fingerprint density at radius 1 is 0.683 bits per heavy atom. The fourth-order valence-electron chi connectivity index (χ4n) is 4.99. The number of rotatable bonds is 10. The van der Waals surface area contributed by atoms with Crippen LogP contribution >= 0.6 is 0 Å². The minimum Gasteiger partial charge on any atom is -0.493 e. The Balaban J connectivity index is 1.04. The first-order chi connectivity index (χ1) is 20.0. The Hall–Kier alpha value is -4.54. The highest BCUT2D eigenvalue weighted by Crippen LogP contribution is 2.41. The second kappa shape index (κ2) is 11.5. The third-order valence-electron chi connectivity index (χ3n) is 7.37. The SMILES string of the molecule is COc1cc(-c2ccc(N(C)CCCN(C)c3ccc(-c4cc5c(c(OC)c4)OOC5)nc3)cn2)cc2c1OOC2. The second-order valence-corrected chi connectivity index (χ2v) is 10.0. The first-order valence-corrected chi connectivity index (χ1v) is 13.4. The normalized spacial score (nSPS) is 13.2. The standard InChI is InChI=1S/C31H32N4O6/c1-34(24-6-8-26(32-16-24)20-12-22-18-38-40-30(22)28(14-20)36-3)10-5-11-35(2)25-7-9-27(33-17-25)21-13-23-19-39-41-31(23)29(15-21)37-4/h6-9,12-17H,5,10-11,18-19H2,1-4H3. The van der Waals surface area contributed by atoms with Gasteiger partial charge in [0.05, 0.1) is 49.4 Å². The molecule has 2 aliphatic rings. The van der Waals surface area contributed by atoms with Crippen molar-refractivity contribution in [2.45, 2.75) is 19.6 Å². The average molecular weight is 557 g/mol. The number of aromatic nitrogens is 2. The van der Waals surface area contributed by atoms with Gasteiger partial charge in [-0.25, -0.2) is 0 Å². The van der Waals surface area contributed by atoms with Gasteiger partial charge in [-0.3, -0.25) is 9.97 Å². The van der Waals surface area contributed by atoms with Crippen LogP contribution in [0.5, 0.6) is 23.0 Å². The molecule has 0 bridgehead atoms. The Morgan fingerprint density at radius 3 is 1.54 bits per heavy atom. The van der Waals surface area contributed by atoms with E-state index in [1.54, 1.807) is 14.2 Å². The quantitative estimate of drug-likeness (QED) is 0.235. The van der Waals surface area contributed by atoms with Gasteiger partial charge in [0, 0.05) is 49.4 Å². The summed E-state index contributed by atoms with van der Waals surface area (Å²) in [7, 11) is 7.41. The molecule has 212 valence electrons. The lowest BCUT2D eigenvalue weighted by Gasteiger charge is -2.23. The van der Waals surface area contributed by atoms with Gasteiger partial charge in [-0.05, 0) is 55.0 Å². The average Bonchev–Trinajstić information content (AvgIpc) is 3.70. The molecule has 0 N–H and O–H groups in total. The lowest BCUT2D eigenvalue weighted by atomic mass is 10.1. The van der Waals surface area contributed by atoms with Crippen LogP contribution < -0.4 is 29.0 Å². The molecule has 6 rings (SSSR count). The van der Waals surface area contributed by atoms with Crippen molar-refractivity contribution in [3.63, 3.8) is 0 Å². The van der Waals surface area contributed by atoms with Gasteiger partial charge >= 0.3 is 0 Å². The van der Waals surface area contributed by atoms with E-state index in [9.17, 15) is 0 Å². The number of hydrogen-bond acceptors (Lipinski definition) is 10. The van der Waals surface area contributed by atoms with Crippen molar-refractivity contribution in [1.29, 1.82) is 0 Å². The lowest BCUT2D eigenvalue weighted by Crippen LogP contribution is -2.25. The highest BCUT2D eigenvalue weighted by molar-refractivity contribution is 5.69. The molecule has 0 saturated carbocycles. The first kappa shape index (κ1) is 26.7. The van der Waals surface area contributed by atoms with Gasteiger partial charge in [-0.2, -0.15) is 9.78 Å². The van der Waals surface area contributed by atoms with Crippen molar-refractivity contribution in [2.24, 2.45) is 0 Å². The van der Waals surface area contributed by atoms with Gasteiger partial charge in [-0.15, -0.1) is 0 Å². The molecule has 2 aromatic carbocycles. The lowest BCUT2D eigenvalue weighted by molar-refractivity contribution is -0.195. The predicted molar refractivity (Wildman–Crippen MR) is 154 cm³/mol. The minimum atomic E-state index is 0.393. The molecule has 41 heavy (non-hydrogen) atoms. The van der Waals surface area contributed by atoms with Gasteiger partial charge in [-0.1, -0.05) is 0 Å². The highest BCUT2D eigenvalue weighted by Gasteiger charge is 2.22. The number of anilines is 2. The van der Waals surface area contributed by atoms with Crippen LogP contribution in [-0.4, -0.2) is 51.4 Å². The summed E-state index contributed by atoms with van der Waals surface area (Å²) in [6, 6.07) is 16.1. The zero-order valence-corrected chi connectivity index (χ0v) is 23.5. The zero-order valence-electron chi connectivity index (χ0n) is 23.5. The summed E-state index contributed by atoms with van der Waals surface area (Å²) in [6.45, 7) is 2.56. The maximum Gasteiger partial charge on any atom is 0.212 e. The summed E-state index contributed by atoms with van der Waals surface area (Å²) in [4.78, 5) is 34.5. The van der Waals surface area contributed by atoms with E-state index in [-0.39, 0.29) is 0 Å². The second-order valence-electron chi connectivity index (χ2n) is 10.0. The number of benzene rings is 2. The molecule has 0 atom stereocenters. The molecule has 10 nitrogen and oxygen atoms in total. The van der Waals surface area contributed by atoms with Crippen LogP contribution in [0.4, 0.5) is 11.4 Å². The van der Waals surface area contributed by atoms with Crippen molar-refractivity contribution in [2.75, 3.05) is 51.2 Å². The molecule has 2 aliphatic heterocycles. The zero-order chi connectivity index (χ0) is 28.3. The van der Waals surface area contributed by atoms with Gasteiger partial charge in [0.25, 0.3) is 0 Å². The predicted octanol–water partition coefficient (Wildman–Crippen LogP) is 5.44. The number of ether oxygens (including phenoxy) is 2. The molecule has 4 aromatic rings. The maximum absolute atomic E-state index is 5.46. The fourth-order valence-corrected chi connectivity index (χ4v) is 4.99. The molecule has 10 heteroatoms. The summed E-state index contributed by atoms with van der Waals surface area (Å²) in [5.41, 5.74) is 7.67. The first-order valence-electron chi connectivity index (χ1n) is 13.4. The van der Waals surface area contributed by atoms with Crippen LogP contribution in [0.3, 0.4) is 0 Å². The van der Waals surface area contributed by atoms with E-state index in [2.05, 4.69) is 36.0 Å². The topological polar surface area (TPSA) is 87.6 Å². The summed E-state index contributed by atoms with van der Waals surface area (Å²) >= 11 is 0. The monoisotopic (exact) mass is 556 g/mol. The number of nitrogens with zero attached hydrogens (tertiary/aromatic N) is 4. The Bertz CT molecular complexity index is 1410. The minimum absolute atomic E-state index is 0.393. The smallest absolute Gasteiger partial charge is 0.212 e. The van der Waals surface area contributed by atoms with Gasteiger partial charge in [0.2, 0.25) is 11.5 Å². The van der Waals surface area contributed by atoms with E-state index in [4.69, 9.17) is 39.0 Å². The Morgan fingerprint density at radius 2 is 1.15 bits per heavy atom. The van der Waals surface area contributed by atoms with Crippen LogP contribution in [0, 0.1) is 0 Å². The number of methoxy groups -OCH3 is 2. The Kier molecular flexibility index (Phi) is 7.49. The summed E-state index contributed by atoms with van der Waals surface area (Å²) in [5, 5.41) is 0. The molecule has 0 radical (unpaired) electrons. The molecule has 0 amide bonds. The van der Waals surface area contributed by atoms with E-state index < -0.39 is 0 Å². The Labute approximate surface area is 238 Å². The molecular formula is C31H32N4O6. The van der Waals surface area contributed by atoms with Gasteiger partial charge < -0.3 is 29.0 Å². The molecule has 0 spiro atoms. The van der Waals surface area contributed by atoms with E-state index >= 15 is 0 Å². The molecule has 0 saturated heterocycles. The van der Waals surface area contributed by atoms with E-state index in [1.807, 2.05) is 48.8 Å². The third-order valence-corrected chi connectivity index (χ3v) is 7.37. The third kappa shape index (κ3) is 5.44. The number of fused-ring (bicyclic) bond motifs is 2. The summed E-state index contributed by atoms with van der Waals surface area (Å²) in [6.07, 6.45) is 4.78. The number of hydrogen-bond donors (Lipinski definition) is 0. The highest BCUT2D eigenvalue weighted by atomic mass is 17.2. The van der Waals surface area contributed by atoms with Crippen LogP contribution in [0.1, 0.15) is 17.5 Å². The molecule has 0 unspecified atom stereocenters. The van der Waals surface area contributed by atoms with Crippen molar-refractivity contribution < 1.29 is 29.0 Å². The van der Waals surface area contributed by atoms with E-state index in [1.165, 1.54) is 0 Å². The fraction of sp³-hybridized carbons (Fsp3) is 0.290. The van der Waals surface area contributed by atoms with E-state index in [0.717, 1.165) is 64.5 Å². The van der Waals surface area contributed by atoms with Gasteiger partial charge in [0.15, 0.2) is 11.5 Å². The van der Waals surface area contributed by atoms with Crippen LogP contribution in [-0.2, 0) is 23.0 Å². The molecular weight excluding hydrogens is 524 g/mol. The van der Waals surface area contributed by atoms with Crippen LogP contribution in [0.2, 0.25) is 0 Å². The summed E-state index contributed by atoms with van der Waals surface area (Å²) < 4.78 is 10.9. The van der Waals surface area contributed by atoms with Crippen molar-refractivity contribution in [3.05, 3.63) is 72.1 Å². The molecule has 4 heterocycles. The van der Waals surface area contributed by atoms with Crippen molar-refractivity contribution >= 4 is 11.4 Å². The number of pyridine rings is 2. The van der Waals surface area contributed by atoms with E-state index in [0.29, 0.717) is 36.2 Å². The largest absolute Gasteiger partial charge is 0.493 e. The van der Waals surface area contributed by atoms with Gasteiger partial charge in [0.1, 0.15) is 13.2 Å². The molecule has 2 aromatic heterocycles. The van der Waals surface area contributed by atoms with Crippen molar-refractivity contribution in [3.8, 4) is 45.5 Å². The van der Waals surface area contributed by atoms with Crippen LogP contribution in [0.25, 0.3) is 22.5 Å². The molecule has 0 fully saturated rings. The molecule has 0 aliphatic carbocycles. The summed E-state index contributed by atoms with van der Waals surface area (Å²) in [5.74, 6) is 2.55. The maximum atomic E-state index is 5.46. The van der Waals surface area contributed by atoms with Crippen LogP contribution in [0.15, 0.2) is 60.9 Å². The van der Waals surface area contributed by atoms with Crippen molar-refractivity contribution in [1.82, 2.24) is 9.97 Å².